The molecule has 0 saturated carbocycles. The Kier molecular flexibility index (Phi) is 7.02. The van der Waals surface area contributed by atoms with Crippen molar-refractivity contribution in [1.82, 2.24) is 10.7 Å². The fourth-order valence-corrected chi connectivity index (χ4v) is 3.33. The van der Waals surface area contributed by atoms with Crippen LogP contribution in [0.3, 0.4) is 0 Å². The normalized spacial score (nSPS) is 11.6. The Bertz CT molecular complexity index is 1150. The Morgan fingerprint density at radius 2 is 1.71 bits per heavy atom. The van der Waals surface area contributed by atoms with E-state index in [-0.39, 0.29) is 11.4 Å². The third kappa shape index (κ3) is 5.94. The third-order valence-corrected chi connectivity index (χ3v) is 5.14. The SMILES string of the molecule is C/C(=N/NC(=O)/C(=C\c1ccccc1)NC(=O)c1ccccc1)c1cc([N+](=O)[O-])cs1. The second-order valence-electron chi connectivity index (χ2n) is 6.35. The van der Waals surface area contributed by atoms with E-state index in [0.717, 1.165) is 16.9 Å². The number of nitrogens with one attached hydrogen (secondary N) is 2. The molecule has 0 bridgehead atoms. The summed E-state index contributed by atoms with van der Waals surface area (Å²) in [5, 5.41) is 18.9. The number of thiophene rings is 1. The molecule has 3 rings (SSSR count). The zero-order chi connectivity index (χ0) is 22.2. The van der Waals surface area contributed by atoms with Crippen LogP contribution < -0.4 is 10.7 Å². The van der Waals surface area contributed by atoms with Crippen molar-refractivity contribution in [2.45, 2.75) is 6.92 Å². The zero-order valence-electron chi connectivity index (χ0n) is 16.4. The highest BCUT2D eigenvalue weighted by atomic mass is 32.1. The zero-order valence-corrected chi connectivity index (χ0v) is 17.3. The summed E-state index contributed by atoms with van der Waals surface area (Å²) in [7, 11) is 0. The molecule has 9 heteroatoms. The number of carbonyl (C=O) groups excluding carboxylic acids is 2. The number of nitrogens with zero attached hydrogens (tertiary/aromatic N) is 2. The lowest BCUT2D eigenvalue weighted by Gasteiger charge is -2.09. The van der Waals surface area contributed by atoms with Gasteiger partial charge < -0.3 is 5.32 Å². The molecule has 31 heavy (non-hydrogen) atoms. The van der Waals surface area contributed by atoms with Crippen molar-refractivity contribution in [3.8, 4) is 0 Å². The molecule has 3 aromatic rings. The van der Waals surface area contributed by atoms with E-state index < -0.39 is 16.7 Å². The molecular formula is C22H18N4O4S. The van der Waals surface area contributed by atoms with Gasteiger partial charge in [-0.1, -0.05) is 48.5 Å². The highest BCUT2D eigenvalue weighted by Crippen LogP contribution is 2.21. The quantitative estimate of drug-likeness (QED) is 0.253. The molecule has 2 aromatic carbocycles. The van der Waals surface area contributed by atoms with Gasteiger partial charge in [0.05, 0.1) is 20.9 Å². The van der Waals surface area contributed by atoms with Gasteiger partial charge >= 0.3 is 0 Å². The molecule has 0 radical (unpaired) electrons. The number of hydrogen-bond acceptors (Lipinski definition) is 6. The van der Waals surface area contributed by atoms with Crippen LogP contribution >= 0.6 is 11.3 Å². The van der Waals surface area contributed by atoms with Crippen molar-refractivity contribution in [3.05, 3.63) is 104 Å². The van der Waals surface area contributed by atoms with E-state index in [1.807, 2.05) is 18.2 Å². The van der Waals surface area contributed by atoms with Crippen molar-refractivity contribution in [3.63, 3.8) is 0 Å². The number of carbonyl (C=O) groups is 2. The predicted octanol–water partition coefficient (Wildman–Crippen LogP) is 3.97. The Labute approximate surface area is 182 Å². The molecule has 1 aromatic heterocycles. The van der Waals surface area contributed by atoms with E-state index in [1.54, 1.807) is 49.4 Å². The molecule has 0 aliphatic rings. The number of nitro groups is 1. The summed E-state index contributed by atoms with van der Waals surface area (Å²) in [6.45, 7) is 1.62. The predicted molar refractivity (Wildman–Crippen MR) is 120 cm³/mol. The lowest BCUT2D eigenvalue weighted by molar-refractivity contribution is -0.384. The minimum Gasteiger partial charge on any atom is -0.317 e. The molecule has 0 spiro atoms. The fraction of sp³-hybridized carbons (Fsp3) is 0.0455. The molecule has 0 saturated heterocycles. The second-order valence-corrected chi connectivity index (χ2v) is 7.26. The summed E-state index contributed by atoms with van der Waals surface area (Å²) in [4.78, 5) is 36.2. The minimum absolute atomic E-state index is 0.00811. The van der Waals surface area contributed by atoms with Crippen molar-refractivity contribution in [2.75, 3.05) is 0 Å². The van der Waals surface area contributed by atoms with E-state index in [4.69, 9.17) is 0 Å². The average molecular weight is 434 g/mol. The van der Waals surface area contributed by atoms with E-state index in [1.165, 1.54) is 17.5 Å². The van der Waals surface area contributed by atoms with Crippen molar-refractivity contribution in [2.24, 2.45) is 5.10 Å². The Balaban J connectivity index is 1.80. The van der Waals surface area contributed by atoms with E-state index in [2.05, 4.69) is 15.8 Å². The summed E-state index contributed by atoms with van der Waals surface area (Å²) >= 11 is 1.15. The number of benzene rings is 2. The molecular weight excluding hydrogens is 416 g/mol. The summed E-state index contributed by atoms with van der Waals surface area (Å²) in [5.74, 6) is -1.06. The summed E-state index contributed by atoms with van der Waals surface area (Å²) in [6, 6.07) is 18.9. The smallest absolute Gasteiger partial charge is 0.287 e. The van der Waals surface area contributed by atoms with Gasteiger partial charge in [0.15, 0.2) is 0 Å². The van der Waals surface area contributed by atoms with E-state index in [9.17, 15) is 19.7 Å². The van der Waals surface area contributed by atoms with Gasteiger partial charge in [-0.25, -0.2) is 5.43 Å². The topological polar surface area (TPSA) is 114 Å². The Hall–Kier alpha value is -4.11. The summed E-state index contributed by atoms with van der Waals surface area (Å²) in [6.07, 6.45) is 1.54. The van der Waals surface area contributed by atoms with E-state index >= 15 is 0 Å². The molecule has 2 amide bonds. The Morgan fingerprint density at radius 1 is 1.06 bits per heavy atom. The molecule has 0 aliphatic heterocycles. The van der Waals surface area contributed by atoms with Crippen molar-refractivity contribution < 1.29 is 14.5 Å². The van der Waals surface area contributed by atoms with Crippen molar-refractivity contribution >= 4 is 40.6 Å². The third-order valence-electron chi connectivity index (χ3n) is 4.12. The first-order chi connectivity index (χ1) is 14.9. The lowest BCUT2D eigenvalue weighted by atomic mass is 10.1. The second kappa shape index (κ2) is 10.1. The molecule has 1 heterocycles. The van der Waals surface area contributed by atoms with Gasteiger partial charge in [0.2, 0.25) is 0 Å². The molecule has 0 aliphatic carbocycles. The van der Waals surface area contributed by atoms with Crippen LogP contribution in [-0.4, -0.2) is 22.4 Å². The maximum Gasteiger partial charge on any atom is 0.287 e. The molecule has 0 unspecified atom stereocenters. The lowest BCUT2D eigenvalue weighted by Crippen LogP contribution is -2.33. The van der Waals surface area contributed by atoms with Crippen LogP contribution in [0.25, 0.3) is 6.08 Å². The van der Waals surface area contributed by atoms with Gasteiger partial charge in [-0.15, -0.1) is 11.3 Å². The maximum atomic E-state index is 12.8. The van der Waals surface area contributed by atoms with Gasteiger partial charge in [-0.2, -0.15) is 5.10 Å². The standard InChI is InChI=1S/C22H18N4O4S/c1-15(20-13-18(14-31-20)26(29)30)24-25-22(28)19(12-16-8-4-2-5-9-16)23-21(27)17-10-6-3-7-11-17/h2-14H,1H3,(H,23,27)(H,25,28)/b19-12+,24-15-. The summed E-state index contributed by atoms with van der Waals surface area (Å²) in [5.41, 5.74) is 3.89. The average Bonchev–Trinajstić information content (AvgIpc) is 3.29. The van der Waals surface area contributed by atoms with Gasteiger partial charge in [0, 0.05) is 11.6 Å². The number of rotatable bonds is 7. The monoisotopic (exact) mass is 434 g/mol. The van der Waals surface area contributed by atoms with E-state index in [0.29, 0.717) is 16.2 Å². The van der Waals surface area contributed by atoms with Crippen LogP contribution in [0.2, 0.25) is 0 Å². The first-order valence-electron chi connectivity index (χ1n) is 9.15. The van der Waals surface area contributed by atoms with Crippen LogP contribution in [0.1, 0.15) is 27.7 Å². The van der Waals surface area contributed by atoms with Crippen LogP contribution in [0.4, 0.5) is 5.69 Å². The molecule has 0 atom stereocenters. The van der Waals surface area contributed by atoms with Gasteiger partial charge in [-0.05, 0) is 30.7 Å². The molecule has 0 fully saturated rings. The van der Waals surface area contributed by atoms with Crippen LogP contribution in [-0.2, 0) is 4.79 Å². The number of hydrazone groups is 1. The minimum atomic E-state index is -0.626. The first kappa shape index (κ1) is 21.6. The molecule has 8 nitrogen and oxygen atoms in total. The van der Waals surface area contributed by atoms with Crippen molar-refractivity contribution in [1.29, 1.82) is 0 Å². The van der Waals surface area contributed by atoms with Crippen LogP contribution in [0, 0.1) is 10.1 Å². The number of amides is 2. The summed E-state index contributed by atoms with van der Waals surface area (Å²) < 4.78 is 0. The van der Waals surface area contributed by atoms with Gasteiger partial charge in [0.1, 0.15) is 5.70 Å². The first-order valence-corrected chi connectivity index (χ1v) is 10.0. The van der Waals surface area contributed by atoms with Crippen LogP contribution in [0.5, 0.6) is 0 Å². The largest absolute Gasteiger partial charge is 0.317 e. The van der Waals surface area contributed by atoms with Gasteiger partial charge in [0.25, 0.3) is 17.5 Å². The highest BCUT2D eigenvalue weighted by molar-refractivity contribution is 7.12. The highest BCUT2D eigenvalue weighted by Gasteiger charge is 2.15. The molecule has 156 valence electrons. The van der Waals surface area contributed by atoms with Gasteiger partial charge in [-0.3, -0.25) is 19.7 Å². The maximum absolute atomic E-state index is 12.8. The molecule has 2 N–H and O–H groups in total. The number of hydrogen-bond donors (Lipinski definition) is 2. The van der Waals surface area contributed by atoms with Crippen LogP contribution in [0.15, 0.2) is 82.9 Å². The Morgan fingerprint density at radius 3 is 2.32 bits per heavy atom. The fourth-order valence-electron chi connectivity index (χ4n) is 2.52.